The number of benzene rings is 1. The third-order valence-electron chi connectivity index (χ3n) is 5.62. The van der Waals surface area contributed by atoms with Crippen molar-refractivity contribution in [2.24, 2.45) is 0 Å². The predicted molar refractivity (Wildman–Crippen MR) is 120 cm³/mol. The fraction of sp³-hybridized carbons (Fsp3) is 0.682. The van der Waals surface area contributed by atoms with E-state index in [2.05, 4.69) is 10.2 Å². The number of rotatable bonds is 10. The molecule has 1 aromatic carbocycles. The normalized spacial score (nSPS) is 15.7. The largest absolute Gasteiger partial charge is 0.356 e. The molecule has 0 unspecified atom stereocenters. The van der Waals surface area contributed by atoms with Gasteiger partial charge in [-0.2, -0.15) is 0 Å². The fourth-order valence-electron chi connectivity index (χ4n) is 3.73. The molecule has 0 bridgehead atoms. The molecule has 0 saturated carbocycles. The molecule has 0 radical (unpaired) electrons. The van der Waals surface area contributed by atoms with Crippen molar-refractivity contribution in [3.05, 3.63) is 29.3 Å². The Morgan fingerprint density at radius 2 is 1.76 bits per heavy atom. The van der Waals surface area contributed by atoms with Gasteiger partial charge in [0.2, 0.25) is 15.9 Å². The fourth-order valence-corrected chi connectivity index (χ4v) is 4.69. The predicted octanol–water partition coefficient (Wildman–Crippen LogP) is 3.23. The summed E-state index contributed by atoms with van der Waals surface area (Å²) in [6, 6.07) is 5.64. The maximum absolute atomic E-state index is 12.2. The number of likely N-dealkylation sites (tertiary alicyclic amines) is 1. The first kappa shape index (κ1) is 23.7. The summed E-state index contributed by atoms with van der Waals surface area (Å²) in [6.07, 6.45) is 8.24. The Balaban J connectivity index is 1.72. The van der Waals surface area contributed by atoms with E-state index < -0.39 is 10.0 Å². The number of nitrogens with zero attached hydrogens (tertiary/aromatic N) is 2. The lowest BCUT2D eigenvalue weighted by Gasteiger charge is -2.23. The van der Waals surface area contributed by atoms with Crippen LogP contribution in [0.4, 0.5) is 5.69 Å². The van der Waals surface area contributed by atoms with E-state index >= 15 is 0 Å². The third-order valence-corrected chi connectivity index (χ3v) is 6.81. The van der Waals surface area contributed by atoms with Gasteiger partial charge in [-0.15, -0.1) is 0 Å². The molecular weight excluding hydrogens is 386 g/mol. The summed E-state index contributed by atoms with van der Waals surface area (Å²) < 4.78 is 25.8. The Labute approximate surface area is 176 Å². The Morgan fingerprint density at radius 3 is 2.38 bits per heavy atom. The smallest absolute Gasteiger partial charge is 0.232 e. The van der Waals surface area contributed by atoms with Gasteiger partial charge in [0.15, 0.2) is 0 Å². The Morgan fingerprint density at radius 1 is 1.07 bits per heavy atom. The zero-order valence-corrected chi connectivity index (χ0v) is 19.1. The van der Waals surface area contributed by atoms with Gasteiger partial charge in [-0.25, -0.2) is 8.42 Å². The highest BCUT2D eigenvalue weighted by molar-refractivity contribution is 7.92. The van der Waals surface area contributed by atoms with Gasteiger partial charge in [0.05, 0.1) is 11.9 Å². The Hall–Kier alpha value is -1.60. The molecule has 6 nitrogen and oxygen atoms in total. The van der Waals surface area contributed by atoms with Crippen molar-refractivity contribution < 1.29 is 13.2 Å². The van der Waals surface area contributed by atoms with E-state index in [1.165, 1.54) is 49.3 Å². The van der Waals surface area contributed by atoms with Crippen LogP contribution in [0, 0.1) is 13.8 Å². The van der Waals surface area contributed by atoms with E-state index in [1.54, 1.807) is 0 Å². The lowest BCUT2D eigenvalue weighted by atomic mass is 10.1. The molecule has 0 spiro atoms. The number of aryl methyl sites for hydroxylation is 2. The molecule has 0 aromatic heterocycles. The highest BCUT2D eigenvalue weighted by Crippen LogP contribution is 2.21. The zero-order chi connectivity index (χ0) is 21.3. The number of nitrogens with one attached hydrogen (secondary N) is 1. The number of sulfonamides is 1. The monoisotopic (exact) mass is 423 g/mol. The average Bonchev–Trinajstić information content (AvgIpc) is 2.93. The van der Waals surface area contributed by atoms with Crippen LogP contribution >= 0.6 is 0 Å². The van der Waals surface area contributed by atoms with Gasteiger partial charge in [-0.1, -0.05) is 18.9 Å². The highest BCUT2D eigenvalue weighted by atomic mass is 32.2. The standard InChI is InChI=1S/C22H37N3O3S/c1-19-11-12-21(18-20(19)2)25(29(3,27)28)17-8-10-22(26)23-13-9-16-24-14-6-4-5-7-15-24/h11-12,18H,4-10,13-17H2,1-3H3,(H,23,26). The van der Waals surface area contributed by atoms with Crippen LogP contribution in [0.15, 0.2) is 18.2 Å². The molecule has 1 saturated heterocycles. The van der Waals surface area contributed by atoms with Crippen LogP contribution < -0.4 is 9.62 Å². The topological polar surface area (TPSA) is 69.7 Å². The number of carbonyl (C=O) groups is 1. The second-order valence-electron chi connectivity index (χ2n) is 8.17. The van der Waals surface area contributed by atoms with E-state index in [1.807, 2.05) is 32.0 Å². The number of anilines is 1. The van der Waals surface area contributed by atoms with Crippen LogP contribution in [0.1, 0.15) is 56.1 Å². The number of hydrogen-bond donors (Lipinski definition) is 1. The van der Waals surface area contributed by atoms with Crippen molar-refractivity contribution >= 4 is 21.6 Å². The van der Waals surface area contributed by atoms with Crippen molar-refractivity contribution in [3.63, 3.8) is 0 Å². The second-order valence-corrected chi connectivity index (χ2v) is 10.1. The Kier molecular flexibility index (Phi) is 9.43. The summed E-state index contributed by atoms with van der Waals surface area (Å²) in [4.78, 5) is 14.6. The summed E-state index contributed by atoms with van der Waals surface area (Å²) in [6.45, 7) is 8.35. The molecule has 2 rings (SSSR count). The lowest BCUT2D eigenvalue weighted by molar-refractivity contribution is -0.121. The summed E-state index contributed by atoms with van der Waals surface area (Å²) in [5.41, 5.74) is 2.84. The molecule has 164 valence electrons. The van der Waals surface area contributed by atoms with Crippen molar-refractivity contribution in [2.45, 2.75) is 58.8 Å². The second kappa shape index (κ2) is 11.6. The van der Waals surface area contributed by atoms with Crippen LogP contribution in [0.2, 0.25) is 0 Å². The van der Waals surface area contributed by atoms with Gasteiger partial charge >= 0.3 is 0 Å². The van der Waals surface area contributed by atoms with Gasteiger partial charge in [-0.05, 0) is 82.4 Å². The van der Waals surface area contributed by atoms with E-state index in [0.29, 0.717) is 31.6 Å². The van der Waals surface area contributed by atoms with Gasteiger partial charge in [-0.3, -0.25) is 9.10 Å². The van der Waals surface area contributed by atoms with Crippen LogP contribution in [0.5, 0.6) is 0 Å². The molecule has 1 aromatic rings. The zero-order valence-electron chi connectivity index (χ0n) is 18.2. The van der Waals surface area contributed by atoms with Gasteiger partial charge in [0.1, 0.15) is 0 Å². The van der Waals surface area contributed by atoms with Crippen LogP contribution in [-0.2, 0) is 14.8 Å². The highest BCUT2D eigenvalue weighted by Gasteiger charge is 2.18. The van der Waals surface area contributed by atoms with E-state index in [9.17, 15) is 13.2 Å². The van der Waals surface area contributed by atoms with E-state index in [4.69, 9.17) is 0 Å². The molecule has 0 aliphatic carbocycles. The van der Waals surface area contributed by atoms with Crippen molar-refractivity contribution in [3.8, 4) is 0 Å². The minimum atomic E-state index is -3.39. The van der Waals surface area contributed by atoms with Crippen molar-refractivity contribution in [1.82, 2.24) is 10.2 Å². The van der Waals surface area contributed by atoms with E-state index in [0.717, 1.165) is 24.1 Å². The van der Waals surface area contributed by atoms with Crippen LogP contribution in [0.25, 0.3) is 0 Å². The number of hydrogen-bond acceptors (Lipinski definition) is 4. The molecule has 1 heterocycles. The lowest BCUT2D eigenvalue weighted by Crippen LogP contribution is -2.33. The van der Waals surface area contributed by atoms with Gasteiger partial charge in [0.25, 0.3) is 0 Å². The van der Waals surface area contributed by atoms with Crippen LogP contribution in [0.3, 0.4) is 0 Å². The summed E-state index contributed by atoms with van der Waals surface area (Å²) in [7, 11) is -3.39. The molecular formula is C22H37N3O3S. The first-order valence-electron chi connectivity index (χ1n) is 10.8. The molecule has 1 fully saturated rings. The van der Waals surface area contributed by atoms with Crippen LogP contribution in [-0.4, -0.2) is 58.2 Å². The van der Waals surface area contributed by atoms with E-state index in [-0.39, 0.29) is 5.91 Å². The quantitative estimate of drug-likeness (QED) is 0.587. The third kappa shape index (κ3) is 8.34. The SMILES string of the molecule is Cc1ccc(N(CCCC(=O)NCCCN2CCCCCC2)S(C)(=O)=O)cc1C. The van der Waals surface area contributed by atoms with Gasteiger partial charge in [0, 0.05) is 19.5 Å². The maximum Gasteiger partial charge on any atom is 0.232 e. The molecule has 1 N–H and O–H groups in total. The maximum atomic E-state index is 12.2. The molecule has 7 heteroatoms. The van der Waals surface area contributed by atoms with Crippen molar-refractivity contribution in [1.29, 1.82) is 0 Å². The molecule has 1 aliphatic rings. The molecule has 0 atom stereocenters. The first-order chi connectivity index (χ1) is 13.8. The molecule has 29 heavy (non-hydrogen) atoms. The summed E-state index contributed by atoms with van der Waals surface area (Å²) >= 11 is 0. The minimum absolute atomic E-state index is 0.00518. The Bertz CT molecular complexity index is 757. The average molecular weight is 424 g/mol. The molecule has 1 amide bonds. The summed E-state index contributed by atoms with van der Waals surface area (Å²) in [5, 5.41) is 2.97. The number of amides is 1. The van der Waals surface area contributed by atoms with Crippen molar-refractivity contribution in [2.75, 3.05) is 43.3 Å². The first-order valence-corrected chi connectivity index (χ1v) is 12.7. The molecule has 1 aliphatic heterocycles. The number of carbonyl (C=O) groups excluding carboxylic acids is 1. The minimum Gasteiger partial charge on any atom is -0.356 e. The van der Waals surface area contributed by atoms with Gasteiger partial charge < -0.3 is 10.2 Å². The summed E-state index contributed by atoms with van der Waals surface area (Å²) in [5.74, 6) is -0.00518.